The van der Waals surface area contributed by atoms with E-state index in [-0.39, 0.29) is 28.9 Å². The number of rotatable bonds is 11. The van der Waals surface area contributed by atoms with Crippen LogP contribution in [0.2, 0.25) is 0 Å². The fraction of sp³-hybridized carbons (Fsp3) is 0.870. The molecule has 2 aliphatic rings. The molecule has 1 aliphatic heterocycles. The first-order valence-electron chi connectivity index (χ1n) is 11.4. The van der Waals surface area contributed by atoms with Crippen LogP contribution >= 0.6 is 11.8 Å². The molecule has 0 aromatic rings. The monoisotopic (exact) mass is 409 g/mol. The van der Waals surface area contributed by atoms with Gasteiger partial charge in [-0.05, 0) is 50.9 Å². The number of ketones is 1. The van der Waals surface area contributed by atoms with Crippen molar-refractivity contribution < 1.29 is 14.4 Å². The first-order valence-corrected chi connectivity index (χ1v) is 12.4. The molecular formula is C23H39NO3S. The second-order valence-corrected chi connectivity index (χ2v) is 10.4. The summed E-state index contributed by atoms with van der Waals surface area (Å²) in [4.78, 5) is 39.4. The molecule has 1 heterocycles. The van der Waals surface area contributed by atoms with Gasteiger partial charge in [-0.1, -0.05) is 40.5 Å². The van der Waals surface area contributed by atoms with Crippen molar-refractivity contribution in [3.63, 3.8) is 0 Å². The van der Waals surface area contributed by atoms with Gasteiger partial charge in [-0.15, -0.1) is 11.8 Å². The fourth-order valence-corrected chi connectivity index (χ4v) is 6.24. The normalized spacial score (nSPS) is 27.9. The molecule has 0 aromatic heterocycles. The number of likely N-dealkylation sites (tertiary alicyclic amines) is 1. The minimum absolute atomic E-state index is 0.00149. The minimum Gasteiger partial charge on any atom is -0.299 e. The van der Waals surface area contributed by atoms with E-state index in [1.807, 2.05) is 0 Å². The topological polar surface area (TPSA) is 54.5 Å². The number of amides is 2. The maximum Gasteiger partial charge on any atom is 0.242 e. The van der Waals surface area contributed by atoms with Crippen LogP contribution in [0.25, 0.3) is 0 Å². The third kappa shape index (κ3) is 6.08. The highest BCUT2D eigenvalue weighted by Gasteiger charge is 2.41. The highest BCUT2D eigenvalue weighted by Crippen LogP contribution is 2.35. The molecule has 0 bridgehead atoms. The Morgan fingerprint density at radius 2 is 1.71 bits per heavy atom. The van der Waals surface area contributed by atoms with E-state index in [2.05, 4.69) is 27.7 Å². The largest absolute Gasteiger partial charge is 0.299 e. The molecular weight excluding hydrogens is 370 g/mol. The highest BCUT2D eigenvalue weighted by atomic mass is 32.2. The molecule has 160 valence electrons. The zero-order chi connectivity index (χ0) is 20.7. The van der Waals surface area contributed by atoms with Crippen molar-refractivity contribution in [3.05, 3.63) is 0 Å². The zero-order valence-corrected chi connectivity index (χ0v) is 19.1. The van der Waals surface area contributed by atoms with E-state index in [9.17, 15) is 14.4 Å². The summed E-state index contributed by atoms with van der Waals surface area (Å²) < 4.78 is 0. The molecule has 1 saturated heterocycles. The molecule has 3 atom stereocenters. The van der Waals surface area contributed by atoms with Gasteiger partial charge in [0.05, 0.1) is 5.25 Å². The summed E-state index contributed by atoms with van der Waals surface area (Å²) in [5, 5.41) is 0.231. The Morgan fingerprint density at radius 3 is 2.29 bits per heavy atom. The summed E-state index contributed by atoms with van der Waals surface area (Å²) in [6, 6.07) is 0. The van der Waals surface area contributed by atoms with E-state index in [4.69, 9.17) is 0 Å². The lowest BCUT2D eigenvalue weighted by Crippen LogP contribution is -2.38. The smallest absolute Gasteiger partial charge is 0.242 e. The maximum absolute atomic E-state index is 12.8. The lowest BCUT2D eigenvalue weighted by molar-refractivity contribution is -0.139. The quantitative estimate of drug-likeness (QED) is 0.438. The van der Waals surface area contributed by atoms with E-state index in [0.717, 1.165) is 57.8 Å². The van der Waals surface area contributed by atoms with Crippen molar-refractivity contribution in [1.29, 1.82) is 0 Å². The highest BCUT2D eigenvalue weighted by molar-refractivity contribution is 8.01. The average molecular weight is 410 g/mol. The van der Waals surface area contributed by atoms with Crippen LogP contribution in [0.5, 0.6) is 0 Å². The van der Waals surface area contributed by atoms with Crippen molar-refractivity contribution in [2.24, 2.45) is 17.8 Å². The SMILES string of the molecule is CCCC(C)SC1CC(=O)N(CC2CCC(C(=O)C(CC)CCC)CC2)C1=O. The van der Waals surface area contributed by atoms with Crippen LogP contribution in [-0.4, -0.2) is 39.5 Å². The third-order valence-corrected chi connectivity index (χ3v) is 7.91. The standard InChI is InChI=1S/C23H39NO3S/c1-5-8-16(4)28-20-14-21(25)24(23(20)27)15-17-10-12-19(13-11-17)22(26)18(7-3)9-6-2/h16-20H,5-15H2,1-4H3. The number of hydrogen-bond donors (Lipinski definition) is 0. The van der Waals surface area contributed by atoms with Crippen LogP contribution in [0.3, 0.4) is 0 Å². The van der Waals surface area contributed by atoms with Crippen LogP contribution in [0.4, 0.5) is 0 Å². The van der Waals surface area contributed by atoms with E-state index >= 15 is 0 Å². The summed E-state index contributed by atoms with van der Waals surface area (Å²) in [7, 11) is 0. The van der Waals surface area contributed by atoms with Gasteiger partial charge in [0.2, 0.25) is 11.8 Å². The zero-order valence-electron chi connectivity index (χ0n) is 18.2. The van der Waals surface area contributed by atoms with Crippen molar-refractivity contribution in [2.75, 3.05) is 6.54 Å². The fourth-order valence-electron chi connectivity index (χ4n) is 4.82. The van der Waals surface area contributed by atoms with Crippen LogP contribution in [-0.2, 0) is 14.4 Å². The molecule has 4 nitrogen and oxygen atoms in total. The summed E-state index contributed by atoms with van der Waals surface area (Å²) in [5.41, 5.74) is 0. The van der Waals surface area contributed by atoms with Gasteiger partial charge in [-0.3, -0.25) is 19.3 Å². The van der Waals surface area contributed by atoms with Crippen molar-refractivity contribution in [2.45, 2.75) is 102 Å². The number of imide groups is 1. The third-order valence-electron chi connectivity index (χ3n) is 6.52. The Hall–Kier alpha value is -0.840. The minimum atomic E-state index is -0.189. The number of nitrogens with zero attached hydrogens (tertiary/aromatic N) is 1. The van der Waals surface area contributed by atoms with Gasteiger partial charge in [-0.2, -0.15) is 0 Å². The van der Waals surface area contributed by atoms with Gasteiger partial charge in [0.25, 0.3) is 0 Å². The Bertz CT molecular complexity index is 542. The summed E-state index contributed by atoms with van der Waals surface area (Å²) in [5.74, 6) is 1.24. The number of carbonyl (C=O) groups excluding carboxylic acids is 3. The Balaban J connectivity index is 1.83. The first-order chi connectivity index (χ1) is 13.4. The molecule has 2 amide bonds. The number of Topliss-reactive ketones (excluding diaryl/α,β-unsaturated/α-hetero) is 1. The van der Waals surface area contributed by atoms with Crippen molar-refractivity contribution in [3.8, 4) is 0 Å². The molecule has 1 aliphatic carbocycles. The van der Waals surface area contributed by atoms with E-state index in [1.165, 1.54) is 4.90 Å². The molecule has 5 heteroatoms. The second-order valence-electron chi connectivity index (χ2n) is 8.78. The molecule has 0 radical (unpaired) electrons. The predicted molar refractivity (Wildman–Crippen MR) is 116 cm³/mol. The molecule has 0 spiro atoms. The van der Waals surface area contributed by atoms with Crippen molar-refractivity contribution in [1.82, 2.24) is 4.90 Å². The van der Waals surface area contributed by atoms with Crippen LogP contribution < -0.4 is 0 Å². The summed E-state index contributed by atoms with van der Waals surface area (Å²) in [6.45, 7) is 9.12. The Kier molecular flexibility index (Phi) is 9.52. The Morgan fingerprint density at radius 1 is 1.07 bits per heavy atom. The van der Waals surface area contributed by atoms with Gasteiger partial charge in [0.1, 0.15) is 5.78 Å². The lowest BCUT2D eigenvalue weighted by atomic mass is 9.76. The van der Waals surface area contributed by atoms with E-state index < -0.39 is 0 Å². The predicted octanol–water partition coefficient (Wildman–Crippen LogP) is 5.24. The molecule has 2 rings (SSSR count). The first kappa shape index (κ1) is 23.4. The molecule has 3 unspecified atom stereocenters. The van der Waals surface area contributed by atoms with Gasteiger partial charge in [0, 0.05) is 30.1 Å². The van der Waals surface area contributed by atoms with Crippen LogP contribution in [0.1, 0.15) is 91.9 Å². The van der Waals surface area contributed by atoms with Gasteiger partial charge in [0.15, 0.2) is 0 Å². The van der Waals surface area contributed by atoms with Crippen molar-refractivity contribution >= 4 is 29.4 Å². The van der Waals surface area contributed by atoms with Crippen LogP contribution in [0.15, 0.2) is 0 Å². The number of hydrogen-bond acceptors (Lipinski definition) is 4. The molecule has 0 N–H and O–H groups in total. The molecule has 2 fully saturated rings. The summed E-state index contributed by atoms with van der Waals surface area (Å²) in [6.07, 6.45) is 9.32. The lowest BCUT2D eigenvalue weighted by Gasteiger charge is -2.31. The molecule has 0 aromatic carbocycles. The second kappa shape index (κ2) is 11.4. The maximum atomic E-state index is 12.8. The molecule has 28 heavy (non-hydrogen) atoms. The Labute approximate surface area is 175 Å². The van der Waals surface area contributed by atoms with Gasteiger partial charge in [-0.25, -0.2) is 0 Å². The summed E-state index contributed by atoms with van der Waals surface area (Å²) >= 11 is 1.67. The average Bonchev–Trinajstić information content (AvgIpc) is 2.93. The van der Waals surface area contributed by atoms with E-state index in [1.54, 1.807) is 11.8 Å². The molecule has 1 saturated carbocycles. The van der Waals surface area contributed by atoms with Gasteiger partial charge >= 0.3 is 0 Å². The van der Waals surface area contributed by atoms with E-state index in [0.29, 0.717) is 29.9 Å². The number of thioether (sulfide) groups is 1. The number of carbonyl (C=O) groups is 3. The van der Waals surface area contributed by atoms with Crippen LogP contribution in [0, 0.1) is 17.8 Å². The van der Waals surface area contributed by atoms with Gasteiger partial charge < -0.3 is 0 Å².